The van der Waals surface area contributed by atoms with Crippen LogP contribution in [0, 0.1) is 0 Å². The maximum absolute atomic E-state index is 5.52. The molecule has 1 heterocycles. The summed E-state index contributed by atoms with van der Waals surface area (Å²) in [6, 6.07) is 6.92. The summed E-state index contributed by atoms with van der Waals surface area (Å²) in [4.78, 5) is 2.20. The van der Waals surface area contributed by atoms with Crippen LogP contribution in [-0.2, 0) is 6.42 Å². The highest BCUT2D eigenvalue weighted by atomic mass is 16.5. The zero-order valence-electron chi connectivity index (χ0n) is 10.3. The third-order valence-electron chi connectivity index (χ3n) is 3.01. The van der Waals surface area contributed by atoms with Crippen LogP contribution in [0.15, 0.2) is 18.2 Å². The van der Waals surface area contributed by atoms with Gasteiger partial charge in [0.05, 0.1) is 6.61 Å². The second-order valence-electron chi connectivity index (χ2n) is 4.57. The van der Waals surface area contributed by atoms with Crippen molar-refractivity contribution < 1.29 is 4.74 Å². The number of likely N-dealkylation sites (N-methyl/N-ethyl adjacent to an activating group) is 2. The lowest BCUT2D eigenvalue weighted by Gasteiger charge is -2.21. The number of benzene rings is 1. The molecule has 2 rings (SSSR count). The van der Waals surface area contributed by atoms with Gasteiger partial charge in [0.2, 0.25) is 0 Å². The van der Waals surface area contributed by atoms with Gasteiger partial charge in [-0.25, -0.2) is 0 Å². The zero-order valence-corrected chi connectivity index (χ0v) is 10.3. The number of nitrogens with zero attached hydrogens (tertiary/aromatic N) is 1. The van der Waals surface area contributed by atoms with E-state index >= 15 is 0 Å². The molecule has 0 bridgehead atoms. The van der Waals surface area contributed by atoms with Gasteiger partial charge in [0, 0.05) is 19.0 Å². The molecule has 88 valence electrons. The van der Waals surface area contributed by atoms with Crippen LogP contribution < -0.4 is 10.1 Å². The number of fused-ring (bicyclic) bond motifs is 1. The summed E-state index contributed by atoms with van der Waals surface area (Å²) in [5, 5.41) is 3.36. The van der Waals surface area contributed by atoms with Crippen molar-refractivity contribution in [1.29, 1.82) is 0 Å². The third kappa shape index (κ3) is 2.36. The molecule has 1 aromatic rings. The largest absolute Gasteiger partial charge is 0.493 e. The van der Waals surface area contributed by atoms with Crippen molar-refractivity contribution in [3.05, 3.63) is 29.3 Å². The number of nitrogens with one attached hydrogen (secondary N) is 1. The highest BCUT2D eigenvalue weighted by molar-refractivity contribution is 5.40. The summed E-state index contributed by atoms with van der Waals surface area (Å²) in [5.74, 6) is 1.06. The van der Waals surface area contributed by atoms with Gasteiger partial charge in [-0.05, 0) is 38.3 Å². The van der Waals surface area contributed by atoms with Crippen LogP contribution >= 0.6 is 0 Å². The molecular weight excluding hydrogens is 200 g/mol. The number of hydrogen-bond donors (Lipinski definition) is 1. The molecule has 0 saturated carbocycles. The molecule has 1 atom stereocenters. The molecule has 1 aliphatic heterocycles. The summed E-state index contributed by atoms with van der Waals surface area (Å²) in [5.41, 5.74) is 2.69. The Hall–Kier alpha value is -1.06. The van der Waals surface area contributed by atoms with E-state index in [2.05, 4.69) is 42.5 Å². The molecule has 0 fully saturated rings. The smallest absolute Gasteiger partial charge is 0.122 e. The van der Waals surface area contributed by atoms with Crippen molar-refractivity contribution in [2.24, 2.45) is 0 Å². The molecule has 0 saturated heterocycles. The Balaban J connectivity index is 2.18. The average molecular weight is 220 g/mol. The number of rotatable bonds is 4. The third-order valence-corrected chi connectivity index (χ3v) is 3.01. The van der Waals surface area contributed by atoms with Crippen LogP contribution in [0.25, 0.3) is 0 Å². The Morgan fingerprint density at radius 3 is 2.94 bits per heavy atom. The average Bonchev–Trinajstić information content (AvgIpc) is 2.72. The van der Waals surface area contributed by atoms with E-state index in [4.69, 9.17) is 4.74 Å². The topological polar surface area (TPSA) is 24.5 Å². The maximum atomic E-state index is 5.52. The van der Waals surface area contributed by atoms with Crippen LogP contribution in [0.1, 0.15) is 17.2 Å². The van der Waals surface area contributed by atoms with Crippen LogP contribution in [0.4, 0.5) is 0 Å². The Labute approximate surface area is 97.4 Å². The van der Waals surface area contributed by atoms with E-state index in [1.807, 2.05) is 7.05 Å². The highest BCUT2D eigenvalue weighted by Crippen LogP contribution is 2.28. The lowest BCUT2D eigenvalue weighted by Crippen LogP contribution is -2.28. The molecule has 0 aliphatic carbocycles. The fourth-order valence-corrected chi connectivity index (χ4v) is 2.15. The first-order valence-corrected chi connectivity index (χ1v) is 5.78. The summed E-state index contributed by atoms with van der Waals surface area (Å²) in [6.45, 7) is 1.84. The van der Waals surface area contributed by atoms with Crippen molar-refractivity contribution >= 4 is 0 Å². The highest BCUT2D eigenvalue weighted by Gasteiger charge is 2.16. The molecule has 0 amide bonds. The predicted octanol–water partition coefficient (Wildman–Crippen LogP) is 1.44. The molecule has 1 aliphatic rings. The fourth-order valence-electron chi connectivity index (χ4n) is 2.15. The van der Waals surface area contributed by atoms with Gasteiger partial charge in [-0.15, -0.1) is 0 Å². The minimum Gasteiger partial charge on any atom is -0.493 e. The lowest BCUT2D eigenvalue weighted by atomic mass is 10.0. The minimum atomic E-state index is 0.390. The van der Waals surface area contributed by atoms with Crippen LogP contribution in [0.2, 0.25) is 0 Å². The van der Waals surface area contributed by atoms with Crippen molar-refractivity contribution in [1.82, 2.24) is 10.2 Å². The summed E-state index contributed by atoms with van der Waals surface area (Å²) >= 11 is 0. The van der Waals surface area contributed by atoms with Gasteiger partial charge in [0.1, 0.15) is 5.75 Å². The SMILES string of the molecule is CNC(CN(C)C)c1ccc2c(c1)CCO2. The number of hydrogen-bond acceptors (Lipinski definition) is 3. The van der Waals surface area contributed by atoms with Crippen LogP contribution in [0.3, 0.4) is 0 Å². The van der Waals surface area contributed by atoms with Crippen molar-refractivity contribution in [2.75, 3.05) is 34.3 Å². The van der Waals surface area contributed by atoms with Gasteiger partial charge in [-0.1, -0.05) is 12.1 Å². The summed E-state index contributed by atoms with van der Waals surface area (Å²) < 4.78 is 5.52. The Kier molecular flexibility index (Phi) is 3.46. The molecule has 0 spiro atoms. The molecule has 0 radical (unpaired) electrons. The first-order valence-electron chi connectivity index (χ1n) is 5.78. The predicted molar refractivity (Wildman–Crippen MR) is 66.0 cm³/mol. The first-order chi connectivity index (χ1) is 7.70. The Morgan fingerprint density at radius 2 is 2.25 bits per heavy atom. The van der Waals surface area contributed by atoms with Crippen molar-refractivity contribution in [3.63, 3.8) is 0 Å². The standard InChI is InChI=1S/C13H20N2O/c1-14-12(9-15(2)3)10-4-5-13-11(8-10)6-7-16-13/h4-5,8,12,14H,6-7,9H2,1-3H3. The Bertz CT molecular complexity index is 363. The van der Waals surface area contributed by atoms with Gasteiger partial charge < -0.3 is 15.0 Å². The lowest BCUT2D eigenvalue weighted by molar-refractivity contribution is 0.351. The summed E-state index contributed by atoms with van der Waals surface area (Å²) in [7, 11) is 6.21. The Morgan fingerprint density at radius 1 is 1.44 bits per heavy atom. The van der Waals surface area contributed by atoms with E-state index in [1.54, 1.807) is 0 Å². The zero-order chi connectivity index (χ0) is 11.5. The van der Waals surface area contributed by atoms with Gasteiger partial charge in [-0.2, -0.15) is 0 Å². The second kappa shape index (κ2) is 4.85. The van der Waals surface area contributed by atoms with E-state index < -0.39 is 0 Å². The second-order valence-corrected chi connectivity index (χ2v) is 4.57. The minimum absolute atomic E-state index is 0.390. The molecule has 3 heteroatoms. The van der Waals surface area contributed by atoms with Gasteiger partial charge in [0.25, 0.3) is 0 Å². The van der Waals surface area contributed by atoms with Crippen molar-refractivity contribution in [3.8, 4) is 5.75 Å². The summed E-state index contributed by atoms with van der Waals surface area (Å²) in [6.07, 6.45) is 1.04. The molecule has 16 heavy (non-hydrogen) atoms. The van der Waals surface area contributed by atoms with E-state index in [1.165, 1.54) is 11.1 Å². The quantitative estimate of drug-likeness (QED) is 0.831. The maximum Gasteiger partial charge on any atom is 0.122 e. The van der Waals surface area contributed by atoms with Gasteiger partial charge in [0.15, 0.2) is 0 Å². The molecule has 1 aromatic carbocycles. The van der Waals surface area contributed by atoms with E-state index in [0.29, 0.717) is 6.04 Å². The monoisotopic (exact) mass is 220 g/mol. The first kappa shape index (κ1) is 11.4. The van der Waals surface area contributed by atoms with Gasteiger partial charge >= 0.3 is 0 Å². The van der Waals surface area contributed by atoms with E-state index in [-0.39, 0.29) is 0 Å². The molecule has 1 unspecified atom stereocenters. The normalized spacial score (nSPS) is 16.0. The number of ether oxygens (including phenoxy) is 1. The molecule has 0 aromatic heterocycles. The van der Waals surface area contributed by atoms with E-state index in [9.17, 15) is 0 Å². The van der Waals surface area contributed by atoms with Crippen LogP contribution in [0.5, 0.6) is 5.75 Å². The molecular formula is C13H20N2O. The fraction of sp³-hybridized carbons (Fsp3) is 0.538. The molecule has 1 N–H and O–H groups in total. The van der Waals surface area contributed by atoms with E-state index in [0.717, 1.165) is 25.3 Å². The molecule has 3 nitrogen and oxygen atoms in total. The van der Waals surface area contributed by atoms with Gasteiger partial charge in [-0.3, -0.25) is 0 Å². The van der Waals surface area contributed by atoms with Crippen molar-refractivity contribution in [2.45, 2.75) is 12.5 Å². The van der Waals surface area contributed by atoms with Crippen LogP contribution in [-0.4, -0.2) is 39.2 Å².